The molecule has 0 saturated carbocycles. The van der Waals surface area contributed by atoms with Gasteiger partial charge in [-0.25, -0.2) is 8.42 Å². The van der Waals surface area contributed by atoms with E-state index in [1.165, 1.54) is 4.90 Å². The van der Waals surface area contributed by atoms with E-state index in [1.807, 2.05) is 0 Å². The topological polar surface area (TPSA) is 54.5 Å². The third-order valence-corrected chi connectivity index (χ3v) is 4.76. The minimum atomic E-state index is -3.12. The second-order valence-corrected chi connectivity index (χ2v) is 7.87. The first-order chi connectivity index (χ1) is 9.10. The van der Waals surface area contributed by atoms with Gasteiger partial charge in [0.25, 0.3) is 0 Å². The average Bonchev–Trinajstić information content (AvgIpc) is 2.30. The molecule has 0 fully saturated rings. The molecule has 0 saturated heterocycles. The van der Waals surface area contributed by atoms with E-state index in [2.05, 4.69) is 0 Å². The van der Waals surface area contributed by atoms with Gasteiger partial charge >= 0.3 is 0 Å². The molecule has 0 heterocycles. The molecule has 0 radical (unpaired) electrons. The van der Waals surface area contributed by atoms with E-state index < -0.39 is 9.84 Å². The van der Waals surface area contributed by atoms with Crippen LogP contribution in [0.5, 0.6) is 0 Å². The van der Waals surface area contributed by atoms with Crippen molar-refractivity contribution in [2.24, 2.45) is 0 Å². The molecule has 0 aromatic heterocycles. The van der Waals surface area contributed by atoms with Gasteiger partial charge in [0.2, 0.25) is 5.91 Å². The number of benzene rings is 1. The number of nitrogens with zero attached hydrogens (tertiary/aromatic N) is 1. The Kier molecular flexibility index (Phi) is 5.86. The fourth-order valence-corrected chi connectivity index (χ4v) is 3.17. The number of rotatable bonds is 5. The highest BCUT2D eigenvalue weighted by atomic mass is 35.5. The van der Waals surface area contributed by atoms with Gasteiger partial charge in [-0.15, -0.1) is 0 Å². The van der Waals surface area contributed by atoms with Gasteiger partial charge in [-0.3, -0.25) is 4.79 Å². The van der Waals surface area contributed by atoms with Gasteiger partial charge in [0, 0.05) is 19.3 Å². The standard InChI is InChI=1S/C13H17Cl2NO3S/c1-9(8-20(3,18)19)16(2)13(17)7-10-4-5-11(14)12(15)6-10/h4-6,9H,7-8H2,1-3H3/t9-/m1/s1. The Morgan fingerprint density at radius 3 is 2.40 bits per heavy atom. The predicted molar refractivity (Wildman–Crippen MR) is 82.1 cm³/mol. The number of carbonyl (C=O) groups excluding carboxylic acids is 1. The lowest BCUT2D eigenvalue weighted by Gasteiger charge is -2.24. The summed E-state index contributed by atoms with van der Waals surface area (Å²) in [6, 6.07) is 4.62. The zero-order chi connectivity index (χ0) is 15.5. The minimum Gasteiger partial charge on any atom is -0.342 e. The van der Waals surface area contributed by atoms with Crippen LogP contribution in [0.3, 0.4) is 0 Å². The van der Waals surface area contributed by atoms with Crippen LogP contribution in [0.1, 0.15) is 12.5 Å². The van der Waals surface area contributed by atoms with Crippen molar-refractivity contribution in [1.29, 1.82) is 0 Å². The van der Waals surface area contributed by atoms with E-state index in [-0.39, 0.29) is 24.1 Å². The van der Waals surface area contributed by atoms with Gasteiger partial charge in [0.05, 0.1) is 22.2 Å². The van der Waals surface area contributed by atoms with E-state index in [4.69, 9.17) is 23.2 Å². The summed E-state index contributed by atoms with van der Waals surface area (Å²) in [5, 5.41) is 0.825. The molecule has 20 heavy (non-hydrogen) atoms. The maximum atomic E-state index is 12.1. The third-order valence-electron chi connectivity index (χ3n) is 2.94. The molecular weight excluding hydrogens is 321 g/mol. The highest BCUT2D eigenvalue weighted by Crippen LogP contribution is 2.23. The van der Waals surface area contributed by atoms with Crippen LogP contribution < -0.4 is 0 Å². The number of likely N-dealkylation sites (N-methyl/N-ethyl adjacent to an activating group) is 1. The number of hydrogen-bond acceptors (Lipinski definition) is 3. The molecule has 0 N–H and O–H groups in total. The Labute approximate surface area is 129 Å². The summed E-state index contributed by atoms with van der Waals surface area (Å²) in [5.74, 6) is -0.226. The zero-order valence-corrected chi connectivity index (χ0v) is 13.9. The van der Waals surface area contributed by atoms with Crippen molar-refractivity contribution in [3.8, 4) is 0 Å². The molecule has 1 amide bonds. The fourth-order valence-electron chi connectivity index (χ4n) is 1.74. The molecule has 112 valence electrons. The Morgan fingerprint density at radius 1 is 1.30 bits per heavy atom. The van der Waals surface area contributed by atoms with Crippen molar-refractivity contribution >= 4 is 38.9 Å². The van der Waals surface area contributed by atoms with Crippen LogP contribution in [0.2, 0.25) is 10.0 Å². The molecule has 0 aliphatic heterocycles. The third kappa shape index (κ3) is 5.31. The van der Waals surface area contributed by atoms with E-state index in [0.29, 0.717) is 10.0 Å². The van der Waals surface area contributed by atoms with Crippen molar-refractivity contribution in [3.63, 3.8) is 0 Å². The summed E-state index contributed by atoms with van der Waals surface area (Å²) in [5.41, 5.74) is 0.739. The lowest BCUT2D eigenvalue weighted by Crippen LogP contribution is -2.40. The normalized spacial score (nSPS) is 13.1. The number of halogens is 2. The van der Waals surface area contributed by atoms with E-state index >= 15 is 0 Å². The number of carbonyl (C=O) groups is 1. The van der Waals surface area contributed by atoms with Gasteiger partial charge in [0.15, 0.2) is 0 Å². The number of amides is 1. The van der Waals surface area contributed by atoms with Crippen LogP contribution in [-0.4, -0.2) is 44.3 Å². The highest BCUT2D eigenvalue weighted by molar-refractivity contribution is 7.90. The Balaban J connectivity index is 2.72. The number of hydrogen-bond donors (Lipinski definition) is 0. The SMILES string of the molecule is C[C@H](CS(C)(=O)=O)N(C)C(=O)Cc1ccc(Cl)c(Cl)c1. The summed E-state index contributed by atoms with van der Waals surface area (Å²) in [6.45, 7) is 1.70. The van der Waals surface area contributed by atoms with Crippen molar-refractivity contribution in [2.75, 3.05) is 19.1 Å². The summed E-state index contributed by atoms with van der Waals surface area (Å²) >= 11 is 11.7. The van der Waals surface area contributed by atoms with Gasteiger partial charge in [-0.2, -0.15) is 0 Å². The van der Waals surface area contributed by atoms with Crippen molar-refractivity contribution in [3.05, 3.63) is 33.8 Å². The first-order valence-corrected chi connectivity index (χ1v) is 8.79. The molecular formula is C13H17Cl2NO3S. The molecule has 0 spiro atoms. The smallest absolute Gasteiger partial charge is 0.227 e. The molecule has 0 aliphatic carbocycles. The summed E-state index contributed by atoms with van der Waals surface area (Å²) < 4.78 is 22.5. The minimum absolute atomic E-state index is 0.0589. The first-order valence-electron chi connectivity index (χ1n) is 5.97. The van der Waals surface area contributed by atoms with Gasteiger partial charge in [0.1, 0.15) is 9.84 Å². The maximum Gasteiger partial charge on any atom is 0.227 e. The van der Waals surface area contributed by atoms with E-state index in [9.17, 15) is 13.2 Å². The van der Waals surface area contributed by atoms with Crippen molar-refractivity contribution in [1.82, 2.24) is 4.90 Å². The number of sulfone groups is 1. The lowest BCUT2D eigenvalue weighted by molar-refractivity contribution is -0.130. The first kappa shape index (κ1) is 17.3. The molecule has 1 atom stereocenters. The van der Waals surface area contributed by atoms with E-state index in [1.54, 1.807) is 32.2 Å². The molecule has 4 nitrogen and oxygen atoms in total. The Morgan fingerprint density at radius 2 is 1.90 bits per heavy atom. The Hall–Kier alpha value is -0.780. The van der Waals surface area contributed by atoms with Crippen LogP contribution in [-0.2, 0) is 21.1 Å². The average molecular weight is 338 g/mol. The molecule has 0 aliphatic rings. The van der Waals surface area contributed by atoms with Gasteiger partial charge in [-0.1, -0.05) is 29.3 Å². The molecule has 1 aromatic rings. The van der Waals surface area contributed by atoms with Crippen molar-refractivity contribution < 1.29 is 13.2 Å². The summed E-state index contributed by atoms with van der Waals surface area (Å²) in [6.07, 6.45) is 1.31. The van der Waals surface area contributed by atoms with E-state index in [0.717, 1.165) is 11.8 Å². The van der Waals surface area contributed by atoms with Crippen LogP contribution in [0, 0.1) is 0 Å². The van der Waals surface area contributed by atoms with Crippen LogP contribution in [0.4, 0.5) is 0 Å². The fraction of sp³-hybridized carbons (Fsp3) is 0.462. The van der Waals surface area contributed by atoms with Crippen LogP contribution >= 0.6 is 23.2 Å². The largest absolute Gasteiger partial charge is 0.342 e. The quantitative estimate of drug-likeness (QED) is 0.829. The summed E-state index contributed by atoms with van der Waals surface area (Å²) in [4.78, 5) is 13.5. The Bertz CT molecular complexity index is 602. The van der Waals surface area contributed by atoms with Crippen molar-refractivity contribution in [2.45, 2.75) is 19.4 Å². The summed E-state index contributed by atoms with van der Waals surface area (Å²) in [7, 11) is -1.53. The molecule has 0 unspecified atom stereocenters. The second kappa shape index (κ2) is 6.78. The monoisotopic (exact) mass is 337 g/mol. The lowest BCUT2D eigenvalue weighted by atomic mass is 10.1. The van der Waals surface area contributed by atoms with Crippen LogP contribution in [0.25, 0.3) is 0 Å². The van der Waals surface area contributed by atoms with Gasteiger partial charge in [-0.05, 0) is 24.6 Å². The zero-order valence-electron chi connectivity index (χ0n) is 11.6. The molecule has 7 heteroatoms. The van der Waals surface area contributed by atoms with Gasteiger partial charge < -0.3 is 4.90 Å². The molecule has 1 rings (SSSR count). The highest BCUT2D eigenvalue weighted by Gasteiger charge is 2.20. The maximum absolute atomic E-state index is 12.1. The second-order valence-electron chi connectivity index (χ2n) is 4.87. The molecule has 1 aromatic carbocycles. The molecule has 0 bridgehead atoms. The predicted octanol–water partition coefficient (Wildman–Crippen LogP) is 2.43. The van der Waals surface area contributed by atoms with Crippen LogP contribution in [0.15, 0.2) is 18.2 Å².